The zero-order chi connectivity index (χ0) is 14.1. The van der Waals surface area contributed by atoms with Crippen LogP contribution in [0.4, 0.5) is 5.69 Å². The van der Waals surface area contributed by atoms with Gasteiger partial charge in [-0.1, -0.05) is 46.3 Å². The van der Waals surface area contributed by atoms with Gasteiger partial charge in [0.2, 0.25) is 0 Å². The lowest BCUT2D eigenvalue weighted by molar-refractivity contribution is 0.0697. The third-order valence-corrected chi connectivity index (χ3v) is 4.18. The molecule has 2 aromatic rings. The quantitative estimate of drug-likeness (QED) is 0.931. The molecule has 3 nitrogen and oxygen atoms in total. The molecular weight excluding hydrogens is 318 g/mol. The summed E-state index contributed by atoms with van der Waals surface area (Å²) in [6, 6.07) is 15.6. The van der Waals surface area contributed by atoms with E-state index in [1.54, 1.807) is 12.1 Å². The molecule has 0 spiro atoms. The predicted octanol–water partition coefficient (Wildman–Crippen LogP) is 3.75. The maximum Gasteiger partial charge on any atom is 0.337 e. The highest BCUT2D eigenvalue weighted by atomic mass is 79.9. The molecule has 0 atom stereocenters. The summed E-state index contributed by atoms with van der Waals surface area (Å²) in [6.45, 7) is 1.72. The molecule has 0 saturated carbocycles. The molecule has 2 aromatic carbocycles. The van der Waals surface area contributed by atoms with E-state index in [0.717, 1.165) is 23.2 Å². The number of aromatic carboxylic acids is 1. The second-order valence-corrected chi connectivity index (χ2v) is 5.89. The van der Waals surface area contributed by atoms with Gasteiger partial charge in [-0.2, -0.15) is 0 Å². The van der Waals surface area contributed by atoms with Gasteiger partial charge >= 0.3 is 5.97 Å². The molecule has 20 heavy (non-hydrogen) atoms. The van der Waals surface area contributed by atoms with Crippen LogP contribution in [0, 0.1) is 0 Å². The molecule has 1 aliphatic heterocycles. The van der Waals surface area contributed by atoms with Crippen LogP contribution in [0.5, 0.6) is 0 Å². The molecule has 0 radical (unpaired) electrons. The lowest BCUT2D eigenvalue weighted by Crippen LogP contribution is -2.45. The summed E-state index contributed by atoms with van der Waals surface area (Å²) in [5.74, 6) is -0.396. The largest absolute Gasteiger partial charge is 0.478 e. The van der Waals surface area contributed by atoms with Crippen molar-refractivity contribution in [2.45, 2.75) is 5.92 Å². The molecule has 3 rings (SSSR count). The first kappa shape index (κ1) is 13.2. The van der Waals surface area contributed by atoms with Crippen molar-refractivity contribution in [2.24, 2.45) is 0 Å². The Kier molecular flexibility index (Phi) is 3.49. The summed E-state index contributed by atoms with van der Waals surface area (Å²) in [5.41, 5.74) is 2.47. The summed E-state index contributed by atoms with van der Waals surface area (Å²) in [6.07, 6.45) is 0. The molecule has 1 heterocycles. The average molecular weight is 332 g/mol. The molecule has 1 N–H and O–H groups in total. The molecule has 0 aliphatic carbocycles. The fourth-order valence-corrected chi connectivity index (χ4v) is 2.91. The van der Waals surface area contributed by atoms with Gasteiger partial charge in [0, 0.05) is 23.5 Å². The van der Waals surface area contributed by atoms with Crippen molar-refractivity contribution in [3.63, 3.8) is 0 Å². The van der Waals surface area contributed by atoms with Gasteiger partial charge in [-0.25, -0.2) is 4.79 Å². The number of benzene rings is 2. The van der Waals surface area contributed by atoms with E-state index in [-0.39, 0.29) is 0 Å². The molecule has 1 saturated heterocycles. The minimum absolute atomic E-state index is 0.361. The Hall–Kier alpha value is -1.81. The minimum Gasteiger partial charge on any atom is -0.478 e. The third kappa shape index (κ3) is 2.43. The predicted molar refractivity (Wildman–Crippen MR) is 82.5 cm³/mol. The normalized spacial score (nSPS) is 14.9. The van der Waals surface area contributed by atoms with E-state index >= 15 is 0 Å². The van der Waals surface area contributed by atoms with Gasteiger partial charge < -0.3 is 10.0 Å². The van der Waals surface area contributed by atoms with Crippen molar-refractivity contribution in [1.29, 1.82) is 0 Å². The standard InChI is InChI=1S/C16H14BrNO2/c17-13-6-7-14(16(19)20)15(8-13)18-9-12(10-18)11-4-2-1-3-5-11/h1-8,12H,9-10H2,(H,19,20). The summed E-state index contributed by atoms with van der Waals surface area (Å²) in [7, 11) is 0. The van der Waals surface area contributed by atoms with Crippen LogP contribution in [0.25, 0.3) is 0 Å². The number of nitrogens with zero attached hydrogens (tertiary/aromatic N) is 1. The van der Waals surface area contributed by atoms with E-state index in [4.69, 9.17) is 0 Å². The molecule has 102 valence electrons. The van der Waals surface area contributed by atoms with Crippen LogP contribution in [0.3, 0.4) is 0 Å². The first-order valence-electron chi connectivity index (χ1n) is 6.48. The Balaban J connectivity index is 1.80. The van der Waals surface area contributed by atoms with Gasteiger partial charge in [0.25, 0.3) is 0 Å². The van der Waals surface area contributed by atoms with Gasteiger partial charge in [-0.05, 0) is 23.8 Å². The number of carboxylic acid groups (broad SMARTS) is 1. The zero-order valence-electron chi connectivity index (χ0n) is 10.8. The van der Waals surface area contributed by atoms with Crippen LogP contribution in [-0.4, -0.2) is 24.2 Å². The molecule has 1 aliphatic rings. The Labute approximate surface area is 126 Å². The van der Waals surface area contributed by atoms with Crippen molar-refractivity contribution < 1.29 is 9.90 Å². The van der Waals surface area contributed by atoms with E-state index in [9.17, 15) is 9.90 Å². The summed E-state index contributed by atoms with van der Waals surface area (Å²) < 4.78 is 0.903. The number of anilines is 1. The van der Waals surface area contributed by atoms with Crippen molar-refractivity contribution in [2.75, 3.05) is 18.0 Å². The van der Waals surface area contributed by atoms with Gasteiger partial charge in [0.1, 0.15) is 0 Å². The van der Waals surface area contributed by atoms with Gasteiger partial charge in [-0.15, -0.1) is 0 Å². The second kappa shape index (κ2) is 5.29. The van der Waals surface area contributed by atoms with Gasteiger partial charge in [-0.3, -0.25) is 0 Å². The van der Waals surface area contributed by atoms with Crippen LogP contribution < -0.4 is 4.90 Å². The Bertz CT molecular complexity index is 636. The Morgan fingerprint density at radius 1 is 1.15 bits per heavy atom. The highest BCUT2D eigenvalue weighted by Crippen LogP contribution is 2.35. The Morgan fingerprint density at radius 3 is 2.50 bits per heavy atom. The first-order valence-corrected chi connectivity index (χ1v) is 7.27. The number of halogens is 1. The second-order valence-electron chi connectivity index (χ2n) is 4.98. The monoisotopic (exact) mass is 331 g/mol. The van der Waals surface area contributed by atoms with Crippen molar-refractivity contribution >= 4 is 27.6 Å². The molecule has 0 amide bonds. The third-order valence-electron chi connectivity index (χ3n) is 3.68. The maximum atomic E-state index is 11.3. The smallest absolute Gasteiger partial charge is 0.337 e. The number of carboxylic acids is 1. The van der Waals surface area contributed by atoms with Gasteiger partial charge in [0.15, 0.2) is 0 Å². The molecule has 0 unspecified atom stereocenters. The SMILES string of the molecule is O=C(O)c1ccc(Br)cc1N1CC(c2ccccc2)C1. The average Bonchev–Trinajstić information content (AvgIpc) is 2.38. The van der Waals surface area contributed by atoms with Crippen LogP contribution in [0.15, 0.2) is 53.0 Å². The van der Waals surface area contributed by atoms with Gasteiger partial charge in [0.05, 0.1) is 11.3 Å². The molecule has 4 heteroatoms. The van der Waals surface area contributed by atoms with E-state index in [1.807, 2.05) is 24.3 Å². The highest BCUT2D eigenvalue weighted by molar-refractivity contribution is 9.10. The lowest BCUT2D eigenvalue weighted by Gasteiger charge is -2.42. The highest BCUT2D eigenvalue weighted by Gasteiger charge is 2.30. The molecular formula is C16H14BrNO2. The van der Waals surface area contributed by atoms with E-state index in [1.165, 1.54) is 5.56 Å². The van der Waals surface area contributed by atoms with Crippen molar-refractivity contribution in [1.82, 2.24) is 0 Å². The van der Waals surface area contributed by atoms with Crippen LogP contribution in [0.2, 0.25) is 0 Å². The lowest BCUT2D eigenvalue weighted by atomic mass is 9.90. The minimum atomic E-state index is -0.879. The molecule has 0 aromatic heterocycles. The van der Waals surface area contributed by atoms with E-state index in [0.29, 0.717) is 11.5 Å². The Morgan fingerprint density at radius 2 is 1.85 bits per heavy atom. The van der Waals surface area contributed by atoms with Crippen molar-refractivity contribution in [3.8, 4) is 0 Å². The summed E-state index contributed by atoms with van der Waals surface area (Å²) in [5, 5.41) is 9.27. The van der Waals surface area contributed by atoms with E-state index < -0.39 is 5.97 Å². The molecule has 0 bridgehead atoms. The number of carbonyl (C=O) groups is 1. The van der Waals surface area contributed by atoms with Crippen LogP contribution in [0.1, 0.15) is 21.8 Å². The first-order chi connectivity index (χ1) is 9.65. The van der Waals surface area contributed by atoms with Crippen LogP contribution in [-0.2, 0) is 0 Å². The fraction of sp³-hybridized carbons (Fsp3) is 0.188. The van der Waals surface area contributed by atoms with E-state index in [2.05, 4.69) is 33.0 Å². The number of hydrogen-bond donors (Lipinski definition) is 1. The topological polar surface area (TPSA) is 40.5 Å². The van der Waals surface area contributed by atoms with Crippen LogP contribution >= 0.6 is 15.9 Å². The number of rotatable bonds is 3. The van der Waals surface area contributed by atoms with Crippen molar-refractivity contribution in [3.05, 3.63) is 64.1 Å². The maximum absolute atomic E-state index is 11.3. The number of hydrogen-bond acceptors (Lipinski definition) is 2. The molecule has 1 fully saturated rings. The summed E-state index contributed by atoms with van der Waals surface area (Å²) >= 11 is 3.41. The fourth-order valence-electron chi connectivity index (χ4n) is 2.56. The zero-order valence-corrected chi connectivity index (χ0v) is 12.4. The summed E-state index contributed by atoms with van der Waals surface area (Å²) in [4.78, 5) is 13.4.